The highest BCUT2D eigenvalue weighted by atomic mass is 127. The van der Waals surface area contributed by atoms with Crippen LogP contribution in [0.5, 0.6) is 5.75 Å². The first kappa shape index (κ1) is 23.2. The van der Waals surface area contributed by atoms with Crippen molar-refractivity contribution in [3.05, 3.63) is 42.0 Å². The van der Waals surface area contributed by atoms with E-state index in [9.17, 15) is 0 Å². The highest BCUT2D eigenvalue weighted by Crippen LogP contribution is 2.19. The summed E-state index contributed by atoms with van der Waals surface area (Å²) in [6.07, 6.45) is 2.59. The second-order valence-electron chi connectivity index (χ2n) is 6.49. The van der Waals surface area contributed by atoms with Crippen molar-refractivity contribution < 1.29 is 4.74 Å². The van der Waals surface area contributed by atoms with Crippen LogP contribution in [0, 0.1) is 5.92 Å². The van der Waals surface area contributed by atoms with E-state index in [0.29, 0.717) is 19.0 Å². The first-order valence-electron chi connectivity index (χ1n) is 9.16. The van der Waals surface area contributed by atoms with Crippen molar-refractivity contribution in [3.8, 4) is 5.75 Å². The summed E-state index contributed by atoms with van der Waals surface area (Å²) in [6.45, 7) is 9.07. The van der Waals surface area contributed by atoms with Gasteiger partial charge in [0.1, 0.15) is 17.9 Å². The Bertz CT molecular complexity index is 701. The Morgan fingerprint density at radius 3 is 2.70 bits per heavy atom. The van der Waals surface area contributed by atoms with E-state index in [1.54, 1.807) is 11.0 Å². The van der Waals surface area contributed by atoms with Crippen LogP contribution < -0.4 is 15.4 Å². The SMILES string of the molecule is CCNC(=NCc1ccccc1OCCC(C)C)NCc1ncnn1C.I. The Kier molecular flexibility index (Phi) is 10.8. The quantitative estimate of drug-likeness (QED) is 0.324. The highest BCUT2D eigenvalue weighted by Gasteiger charge is 2.06. The number of ether oxygens (including phenoxy) is 1. The molecule has 0 aliphatic heterocycles. The van der Waals surface area contributed by atoms with Gasteiger partial charge in [-0.3, -0.25) is 4.68 Å². The van der Waals surface area contributed by atoms with Gasteiger partial charge in [-0.15, -0.1) is 24.0 Å². The van der Waals surface area contributed by atoms with Gasteiger partial charge in [0, 0.05) is 19.2 Å². The third-order valence-electron chi connectivity index (χ3n) is 3.90. The second-order valence-corrected chi connectivity index (χ2v) is 6.49. The molecular formula is C19H31IN6O. The molecule has 1 heterocycles. The summed E-state index contributed by atoms with van der Waals surface area (Å²) < 4.78 is 7.69. The van der Waals surface area contributed by atoms with Gasteiger partial charge < -0.3 is 15.4 Å². The molecule has 0 saturated heterocycles. The molecule has 0 aliphatic rings. The van der Waals surface area contributed by atoms with Gasteiger partial charge in [0.25, 0.3) is 0 Å². The van der Waals surface area contributed by atoms with E-state index in [2.05, 4.69) is 45.6 Å². The average molecular weight is 486 g/mol. The fourth-order valence-corrected chi connectivity index (χ4v) is 2.33. The molecule has 0 radical (unpaired) electrons. The summed E-state index contributed by atoms with van der Waals surface area (Å²) in [6, 6.07) is 8.07. The molecule has 2 aromatic rings. The summed E-state index contributed by atoms with van der Waals surface area (Å²) >= 11 is 0. The third kappa shape index (κ3) is 8.15. The summed E-state index contributed by atoms with van der Waals surface area (Å²) in [5, 5.41) is 10.6. The number of hydrogen-bond donors (Lipinski definition) is 2. The van der Waals surface area contributed by atoms with E-state index < -0.39 is 0 Å². The van der Waals surface area contributed by atoms with Crippen molar-refractivity contribution in [2.24, 2.45) is 18.0 Å². The number of halogens is 1. The zero-order valence-corrected chi connectivity index (χ0v) is 18.9. The van der Waals surface area contributed by atoms with E-state index in [1.165, 1.54) is 0 Å². The van der Waals surface area contributed by atoms with Crippen LogP contribution in [-0.4, -0.2) is 33.9 Å². The molecule has 0 aliphatic carbocycles. The lowest BCUT2D eigenvalue weighted by Crippen LogP contribution is -2.37. The molecule has 0 amide bonds. The molecule has 2 rings (SSSR count). The molecule has 7 nitrogen and oxygen atoms in total. The number of nitrogens with one attached hydrogen (secondary N) is 2. The molecule has 0 fully saturated rings. The minimum atomic E-state index is 0. The molecule has 27 heavy (non-hydrogen) atoms. The number of hydrogen-bond acceptors (Lipinski definition) is 4. The Balaban J connectivity index is 0.00000364. The highest BCUT2D eigenvalue weighted by molar-refractivity contribution is 14.0. The van der Waals surface area contributed by atoms with Crippen molar-refractivity contribution in [2.75, 3.05) is 13.2 Å². The first-order valence-corrected chi connectivity index (χ1v) is 9.16. The standard InChI is InChI=1S/C19H30N6O.HI/c1-5-20-19(22-13-18-23-14-24-25(18)4)21-12-16-8-6-7-9-17(16)26-11-10-15(2)3;/h6-9,14-15H,5,10-13H2,1-4H3,(H2,20,21,22);1H. The Labute approximate surface area is 179 Å². The van der Waals surface area contributed by atoms with Gasteiger partial charge in [0.15, 0.2) is 5.96 Å². The molecule has 8 heteroatoms. The molecule has 0 bridgehead atoms. The van der Waals surface area contributed by atoms with E-state index in [-0.39, 0.29) is 24.0 Å². The first-order chi connectivity index (χ1) is 12.6. The third-order valence-corrected chi connectivity index (χ3v) is 3.90. The number of aromatic nitrogens is 3. The Morgan fingerprint density at radius 2 is 2.04 bits per heavy atom. The number of guanidine groups is 1. The van der Waals surface area contributed by atoms with Gasteiger partial charge in [-0.2, -0.15) is 5.10 Å². The fourth-order valence-electron chi connectivity index (χ4n) is 2.33. The Morgan fingerprint density at radius 1 is 1.26 bits per heavy atom. The lowest BCUT2D eigenvalue weighted by atomic mass is 10.1. The molecule has 0 unspecified atom stereocenters. The lowest BCUT2D eigenvalue weighted by molar-refractivity contribution is 0.287. The van der Waals surface area contributed by atoms with Crippen molar-refractivity contribution in [2.45, 2.75) is 40.3 Å². The number of rotatable bonds is 9. The van der Waals surface area contributed by atoms with Gasteiger partial charge in [0.05, 0.1) is 19.7 Å². The van der Waals surface area contributed by atoms with Crippen molar-refractivity contribution >= 4 is 29.9 Å². The van der Waals surface area contributed by atoms with Gasteiger partial charge in [-0.25, -0.2) is 9.98 Å². The van der Waals surface area contributed by atoms with Crippen LogP contribution >= 0.6 is 24.0 Å². The number of benzene rings is 1. The summed E-state index contributed by atoms with van der Waals surface area (Å²) in [5.74, 6) is 3.13. The molecule has 150 valence electrons. The fraction of sp³-hybridized carbons (Fsp3) is 0.526. The van der Waals surface area contributed by atoms with Crippen LogP contribution in [0.4, 0.5) is 0 Å². The molecule has 0 saturated carbocycles. The van der Waals surface area contributed by atoms with Crippen LogP contribution in [0.3, 0.4) is 0 Å². The Hall–Kier alpha value is -1.84. The maximum absolute atomic E-state index is 5.94. The van der Waals surface area contributed by atoms with Crippen LogP contribution in [0.15, 0.2) is 35.6 Å². The molecule has 0 atom stereocenters. The van der Waals surface area contributed by atoms with Crippen molar-refractivity contribution in [1.82, 2.24) is 25.4 Å². The second kappa shape index (κ2) is 12.5. The monoisotopic (exact) mass is 486 g/mol. The maximum Gasteiger partial charge on any atom is 0.191 e. The smallest absolute Gasteiger partial charge is 0.191 e. The number of aryl methyl sites for hydroxylation is 1. The van der Waals surface area contributed by atoms with E-state index in [0.717, 1.165) is 42.7 Å². The lowest BCUT2D eigenvalue weighted by Gasteiger charge is -2.13. The zero-order chi connectivity index (χ0) is 18.8. The molecule has 2 N–H and O–H groups in total. The van der Waals surface area contributed by atoms with Crippen molar-refractivity contribution in [3.63, 3.8) is 0 Å². The average Bonchev–Trinajstić information content (AvgIpc) is 3.03. The molecule has 0 spiro atoms. The van der Waals surface area contributed by atoms with E-state index >= 15 is 0 Å². The molecular weight excluding hydrogens is 455 g/mol. The summed E-state index contributed by atoms with van der Waals surface area (Å²) in [7, 11) is 1.87. The predicted octanol–water partition coefficient (Wildman–Crippen LogP) is 3.11. The topological polar surface area (TPSA) is 76.4 Å². The largest absolute Gasteiger partial charge is 0.493 e. The number of para-hydroxylation sites is 1. The van der Waals surface area contributed by atoms with E-state index in [1.807, 2.05) is 32.2 Å². The minimum absolute atomic E-state index is 0. The number of aliphatic imine (C=N–C) groups is 1. The summed E-state index contributed by atoms with van der Waals surface area (Å²) in [4.78, 5) is 8.89. The van der Waals surface area contributed by atoms with Gasteiger partial charge in [0.2, 0.25) is 0 Å². The zero-order valence-electron chi connectivity index (χ0n) is 16.6. The molecule has 1 aromatic heterocycles. The molecule has 1 aromatic carbocycles. The van der Waals surface area contributed by atoms with Crippen LogP contribution in [0.25, 0.3) is 0 Å². The van der Waals surface area contributed by atoms with Gasteiger partial charge in [-0.1, -0.05) is 32.0 Å². The minimum Gasteiger partial charge on any atom is -0.493 e. The normalized spacial score (nSPS) is 11.2. The van der Waals surface area contributed by atoms with Crippen LogP contribution in [0.2, 0.25) is 0 Å². The summed E-state index contributed by atoms with van der Waals surface area (Å²) in [5.41, 5.74) is 1.08. The van der Waals surface area contributed by atoms with Gasteiger partial charge >= 0.3 is 0 Å². The van der Waals surface area contributed by atoms with Crippen LogP contribution in [-0.2, 0) is 20.1 Å². The van der Waals surface area contributed by atoms with Crippen molar-refractivity contribution in [1.29, 1.82) is 0 Å². The maximum atomic E-state index is 5.94. The predicted molar refractivity (Wildman–Crippen MR) is 119 cm³/mol. The number of nitrogens with zero attached hydrogens (tertiary/aromatic N) is 4. The van der Waals surface area contributed by atoms with Crippen LogP contribution in [0.1, 0.15) is 38.6 Å². The van der Waals surface area contributed by atoms with E-state index in [4.69, 9.17) is 4.74 Å². The van der Waals surface area contributed by atoms with Gasteiger partial charge in [-0.05, 0) is 25.3 Å².